The molecule has 23 heavy (non-hydrogen) atoms. The van der Waals surface area contributed by atoms with Crippen LogP contribution in [0.3, 0.4) is 0 Å². The van der Waals surface area contributed by atoms with Crippen LogP contribution in [0.5, 0.6) is 0 Å². The Hall–Kier alpha value is 0.0700. The van der Waals surface area contributed by atoms with Crippen molar-refractivity contribution in [2.75, 3.05) is 32.1 Å². The van der Waals surface area contributed by atoms with E-state index in [0.717, 1.165) is 26.3 Å². The van der Waals surface area contributed by atoms with Gasteiger partial charge in [0.25, 0.3) is 4.67 Å². The van der Waals surface area contributed by atoms with Gasteiger partial charge in [0.15, 0.2) is 18.9 Å². The van der Waals surface area contributed by atoms with Gasteiger partial charge in [-0.1, -0.05) is 34.1 Å². The molecule has 1 fully saturated rings. The summed E-state index contributed by atoms with van der Waals surface area (Å²) in [5.74, 6) is 0.487. The number of hydrogen-bond donors (Lipinski definition) is 0. The van der Waals surface area contributed by atoms with E-state index in [1.54, 1.807) is 44.6 Å². The van der Waals surface area contributed by atoms with Gasteiger partial charge in [-0.25, -0.2) is 4.58 Å². The van der Waals surface area contributed by atoms with E-state index >= 15 is 0 Å². The summed E-state index contributed by atoms with van der Waals surface area (Å²) in [6.07, 6.45) is 0. The van der Waals surface area contributed by atoms with Crippen molar-refractivity contribution in [3.63, 3.8) is 0 Å². The highest BCUT2D eigenvalue weighted by atomic mass is 127. The van der Waals surface area contributed by atoms with Crippen molar-refractivity contribution in [1.29, 1.82) is 0 Å². The highest BCUT2D eigenvalue weighted by Gasteiger charge is 2.15. The zero-order chi connectivity index (χ0) is 15.4. The predicted molar refractivity (Wildman–Crippen MR) is 94.5 cm³/mol. The van der Waals surface area contributed by atoms with Gasteiger partial charge in [-0.2, -0.15) is 0 Å². The van der Waals surface area contributed by atoms with Crippen LogP contribution >= 0.6 is 44.0 Å². The third-order valence-corrected chi connectivity index (χ3v) is 7.56. The van der Waals surface area contributed by atoms with Crippen molar-refractivity contribution < 1.29 is 33.5 Å². The van der Waals surface area contributed by atoms with Crippen LogP contribution in [-0.2, 0) is 4.74 Å². The molecule has 0 amide bonds. The first-order chi connectivity index (χ1) is 10.7. The summed E-state index contributed by atoms with van der Waals surface area (Å²) in [5, 5.41) is 0.524. The molecule has 1 aliphatic heterocycles. The SMILES string of the molecule is O=C(CSc1cc(=[N+]2CCOCC2)ss1)c1ccccc1Cl.[I-]. The van der Waals surface area contributed by atoms with Gasteiger partial charge in [-0.3, -0.25) is 4.79 Å². The normalized spacial score (nSPS) is 14.4. The van der Waals surface area contributed by atoms with Crippen LogP contribution in [0.2, 0.25) is 5.02 Å². The topological polar surface area (TPSA) is 29.3 Å². The second kappa shape index (κ2) is 9.53. The minimum Gasteiger partial charge on any atom is -1.00 e. The van der Waals surface area contributed by atoms with Crippen molar-refractivity contribution >= 4 is 49.8 Å². The first-order valence-electron chi connectivity index (χ1n) is 6.90. The Balaban J connectivity index is 0.00000192. The van der Waals surface area contributed by atoms with Crippen LogP contribution in [0, 0.1) is 0 Å². The standard InChI is InChI=1S/C15H15ClNO2S3.HI/c16-12-4-2-1-3-11(12)13(18)10-20-15-9-14(21-22-15)17-5-7-19-8-6-17;/h1-4,9H,5-8,10H2;1H/q+1;/p-1. The Morgan fingerprint density at radius 2 is 2.00 bits per heavy atom. The van der Waals surface area contributed by atoms with Gasteiger partial charge < -0.3 is 28.7 Å². The number of ketones is 1. The van der Waals surface area contributed by atoms with Crippen molar-refractivity contribution in [1.82, 2.24) is 4.58 Å². The molecular weight excluding hydrogens is 485 g/mol. The number of Topliss-reactive ketones (excluding diaryl/α,β-unsaturated/α-hetero) is 1. The van der Waals surface area contributed by atoms with Gasteiger partial charge in [0.1, 0.15) is 13.2 Å². The molecule has 3 rings (SSSR count). The number of benzene rings is 1. The Labute approximate surface area is 168 Å². The molecule has 0 unspecified atom stereocenters. The van der Waals surface area contributed by atoms with Crippen LogP contribution < -0.4 is 33.2 Å². The maximum Gasteiger partial charge on any atom is 0.268 e. The number of ether oxygens (including phenoxy) is 1. The van der Waals surface area contributed by atoms with Gasteiger partial charge in [0.05, 0.1) is 15.0 Å². The second-order valence-electron chi connectivity index (χ2n) is 4.76. The summed E-state index contributed by atoms with van der Waals surface area (Å²) >= 11 is 7.64. The zero-order valence-electron chi connectivity index (χ0n) is 12.2. The smallest absolute Gasteiger partial charge is 0.268 e. The molecule has 0 spiro atoms. The first-order valence-corrected chi connectivity index (χ1v) is 10.4. The summed E-state index contributed by atoms with van der Waals surface area (Å²) in [5.41, 5.74) is 0.602. The quantitative estimate of drug-likeness (QED) is 0.199. The number of nitrogens with zero attached hydrogens (tertiary/aromatic N) is 1. The van der Waals surface area contributed by atoms with Gasteiger partial charge in [0.2, 0.25) is 0 Å². The average molecular weight is 500 g/mol. The van der Waals surface area contributed by atoms with Crippen LogP contribution in [0.15, 0.2) is 34.5 Å². The number of carbonyl (C=O) groups is 1. The number of rotatable bonds is 4. The molecule has 1 saturated heterocycles. The molecule has 1 aromatic heterocycles. The molecule has 0 N–H and O–H groups in total. The summed E-state index contributed by atoms with van der Waals surface area (Å²) in [6.45, 7) is 3.46. The number of halogens is 2. The monoisotopic (exact) mass is 499 g/mol. The highest BCUT2D eigenvalue weighted by molar-refractivity contribution is 8.03. The molecule has 0 atom stereocenters. The van der Waals surface area contributed by atoms with Crippen LogP contribution in [-0.4, -0.2) is 37.8 Å². The lowest BCUT2D eigenvalue weighted by molar-refractivity contribution is -0.0000127. The number of hydrogen-bond acceptors (Lipinski definition) is 5. The second-order valence-corrected chi connectivity index (χ2v) is 8.63. The summed E-state index contributed by atoms with van der Waals surface area (Å²) in [6, 6.07) is 9.38. The van der Waals surface area contributed by atoms with E-state index < -0.39 is 0 Å². The minimum atomic E-state index is 0. The molecule has 2 aromatic rings. The van der Waals surface area contributed by atoms with Crippen molar-refractivity contribution in [3.8, 4) is 0 Å². The van der Waals surface area contributed by atoms with Gasteiger partial charge in [-0.15, -0.1) is 11.8 Å². The van der Waals surface area contributed by atoms with E-state index in [2.05, 4.69) is 10.6 Å². The Morgan fingerprint density at radius 1 is 1.26 bits per heavy atom. The first kappa shape index (κ1) is 19.4. The molecule has 1 aromatic carbocycles. The van der Waals surface area contributed by atoms with E-state index in [1.807, 2.05) is 12.1 Å². The highest BCUT2D eigenvalue weighted by Crippen LogP contribution is 2.26. The fraction of sp³-hybridized carbons (Fsp3) is 0.333. The van der Waals surface area contributed by atoms with E-state index in [9.17, 15) is 4.79 Å². The van der Waals surface area contributed by atoms with E-state index in [-0.39, 0.29) is 29.8 Å². The van der Waals surface area contributed by atoms with Gasteiger partial charge in [0, 0.05) is 11.6 Å². The third kappa shape index (κ3) is 5.27. The molecule has 0 bridgehead atoms. The average Bonchev–Trinajstić information content (AvgIpc) is 3.03. The molecular formula is C15H15ClINO2S3. The molecule has 3 nitrogen and oxygen atoms in total. The van der Waals surface area contributed by atoms with Crippen molar-refractivity contribution in [3.05, 3.63) is 45.6 Å². The Kier molecular flexibility index (Phi) is 8.03. The molecule has 2 heterocycles. The number of morpholine rings is 1. The lowest BCUT2D eigenvalue weighted by Gasteiger charge is -2.09. The fourth-order valence-corrected chi connectivity index (χ4v) is 6.14. The molecule has 8 heteroatoms. The Bertz CT molecular complexity index is 736. The molecule has 0 aliphatic carbocycles. The van der Waals surface area contributed by atoms with Crippen molar-refractivity contribution in [2.24, 2.45) is 0 Å². The van der Waals surface area contributed by atoms with E-state index in [4.69, 9.17) is 16.3 Å². The maximum atomic E-state index is 12.2. The predicted octanol–water partition coefficient (Wildman–Crippen LogP) is 0.244. The number of thioether (sulfide) groups is 1. The van der Waals surface area contributed by atoms with Crippen LogP contribution in [0.1, 0.15) is 10.4 Å². The molecule has 124 valence electrons. The summed E-state index contributed by atoms with van der Waals surface area (Å²) in [4.78, 5) is 12.2. The lowest BCUT2D eigenvalue weighted by Crippen LogP contribution is -3.00. The summed E-state index contributed by atoms with van der Waals surface area (Å²) < 4.78 is 10.1. The van der Waals surface area contributed by atoms with E-state index in [0.29, 0.717) is 16.3 Å². The molecule has 0 radical (unpaired) electrons. The maximum absolute atomic E-state index is 12.2. The van der Waals surface area contributed by atoms with Crippen LogP contribution in [0.4, 0.5) is 0 Å². The fourth-order valence-electron chi connectivity index (χ4n) is 2.13. The Morgan fingerprint density at radius 3 is 2.74 bits per heavy atom. The zero-order valence-corrected chi connectivity index (χ0v) is 17.5. The number of carbonyl (C=O) groups excluding carboxylic acids is 1. The minimum absolute atomic E-state index is 0. The molecule has 0 saturated carbocycles. The van der Waals surface area contributed by atoms with Gasteiger partial charge >= 0.3 is 0 Å². The largest absolute Gasteiger partial charge is 1.00 e. The lowest BCUT2D eigenvalue weighted by atomic mass is 10.1. The van der Waals surface area contributed by atoms with Crippen molar-refractivity contribution in [2.45, 2.75) is 4.21 Å². The van der Waals surface area contributed by atoms with Gasteiger partial charge in [-0.05, 0) is 22.5 Å². The van der Waals surface area contributed by atoms with E-state index in [1.165, 1.54) is 8.88 Å². The third-order valence-electron chi connectivity index (χ3n) is 3.29. The van der Waals surface area contributed by atoms with Crippen LogP contribution in [0.25, 0.3) is 0 Å². The molecule has 1 aliphatic rings. The summed E-state index contributed by atoms with van der Waals surface area (Å²) in [7, 11) is 3.48.